The molecule has 1 amide bonds. The second kappa shape index (κ2) is 6.16. The van der Waals surface area contributed by atoms with Crippen molar-refractivity contribution in [1.82, 2.24) is 0 Å². The Bertz CT molecular complexity index is 564. The van der Waals surface area contributed by atoms with Crippen LogP contribution in [0.3, 0.4) is 0 Å². The number of fused-ring (bicyclic) bond motifs is 1. The molecule has 0 saturated heterocycles. The second-order valence-corrected chi connectivity index (χ2v) is 4.38. The van der Waals surface area contributed by atoms with E-state index in [-0.39, 0.29) is 5.91 Å². The number of nitrogens with one attached hydrogen (secondary N) is 1. The maximum atomic E-state index is 11.3. The van der Waals surface area contributed by atoms with E-state index in [2.05, 4.69) is 35.3 Å². The van der Waals surface area contributed by atoms with E-state index in [1.807, 2.05) is 24.3 Å². The first kappa shape index (κ1) is 13.3. The van der Waals surface area contributed by atoms with Crippen LogP contribution in [0.4, 0.5) is 5.69 Å². The molecule has 0 unspecified atom stereocenters. The number of anilines is 1. The molecule has 3 rings (SSSR count). The van der Waals surface area contributed by atoms with Crippen LogP contribution in [0, 0.1) is 0 Å². The number of carbonyl (C=O) groups is 1. The molecule has 0 radical (unpaired) electrons. The molecule has 1 aliphatic rings. The Hall–Kier alpha value is -2.13. The molecule has 0 bridgehead atoms. The van der Waals surface area contributed by atoms with Gasteiger partial charge in [0.1, 0.15) is 0 Å². The van der Waals surface area contributed by atoms with Gasteiger partial charge in [-0.25, -0.2) is 0 Å². The molecule has 98 valence electrons. The fourth-order valence-electron chi connectivity index (χ4n) is 2.20. The van der Waals surface area contributed by atoms with Crippen molar-refractivity contribution in [1.29, 1.82) is 0 Å². The predicted molar refractivity (Wildman–Crippen MR) is 78.1 cm³/mol. The minimum absolute atomic E-state index is 0.0943. The summed E-state index contributed by atoms with van der Waals surface area (Å²) in [4.78, 5) is 11.3. The lowest BCUT2D eigenvalue weighted by atomic mass is 10.0. The van der Waals surface area contributed by atoms with Crippen molar-refractivity contribution in [3.05, 3.63) is 65.2 Å². The molecule has 2 aromatic rings. The van der Waals surface area contributed by atoms with E-state index < -0.39 is 0 Å². The summed E-state index contributed by atoms with van der Waals surface area (Å²) in [6.07, 6.45) is 1.42. The monoisotopic (exact) mass is 254 g/mol. The SMILES string of the molecule is CN.O=C1Cc2ccc(Cc3ccccc3)cc2N1. The summed E-state index contributed by atoms with van der Waals surface area (Å²) in [5, 5.41) is 2.88. The van der Waals surface area contributed by atoms with Crippen molar-refractivity contribution in [2.75, 3.05) is 12.4 Å². The molecule has 2 aromatic carbocycles. The first-order valence-corrected chi connectivity index (χ1v) is 6.34. The Balaban J connectivity index is 0.000000637. The minimum Gasteiger partial charge on any atom is -0.333 e. The fraction of sp³-hybridized carbons (Fsp3) is 0.188. The molecule has 0 saturated carbocycles. The summed E-state index contributed by atoms with van der Waals surface area (Å²) in [6, 6.07) is 16.6. The van der Waals surface area contributed by atoms with E-state index in [0.29, 0.717) is 6.42 Å². The summed E-state index contributed by atoms with van der Waals surface area (Å²) in [6.45, 7) is 0. The molecule has 0 aromatic heterocycles. The number of rotatable bonds is 2. The second-order valence-electron chi connectivity index (χ2n) is 4.38. The van der Waals surface area contributed by atoms with Crippen molar-refractivity contribution in [3.8, 4) is 0 Å². The highest BCUT2D eigenvalue weighted by Crippen LogP contribution is 2.25. The molecule has 0 atom stereocenters. The van der Waals surface area contributed by atoms with Crippen LogP contribution in [0.1, 0.15) is 16.7 Å². The number of carbonyl (C=O) groups excluding carboxylic acids is 1. The van der Waals surface area contributed by atoms with Crippen molar-refractivity contribution in [3.63, 3.8) is 0 Å². The lowest BCUT2D eigenvalue weighted by molar-refractivity contribution is -0.115. The maximum Gasteiger partial charge on any atom is 0.228 e. The first-order valence-electron chi connectivity index (χ1n) is 6.34. The van der Waals surface area contributed by atoms with Gasteiger partial charge >= 0.3 is 0 Å². The summed E-state index contributed by atoms with van der Waals surface area (Å²) < 4.78 is 0. The van der Waals surface area contributed by atoms with Gasteiger partial charge in [0.25, 0.3) is 0 Å². The first-order chi connectivity index (χ1) is 9.31. The largest absolute Gasteiger partial charge is 0.333 e. The summed E-state index contributed by atoms with van der Waals surface area (Å²) >= 11 is 0. The third-order valence-electron chi connectivity index (χ3n) is 3.05. The Labute approximate surface area is 113 Å². The van der Waals surface area contributed by atoms with Crippen LogP contribution in [0.25, 0.3) is 0 Å². The molecule has 0 fully saturated rings. The van der Waals surface area contributed by atoms with Gasteiger partial charge in [0.15, 0.2) is 0 Å². The van der Waals surface area contributed by atoms with Gasteiger partial charge in [0, 0.05) is 5.69 Å². The van der Waals surface area contributed by atoms with Crippen molar-refractivity contribution in [2.45, 2.75) is 12.8 Å². The van der Waals surface area contributed by atoms with Gasteiger partial charge in [0.2, 0.25) is 5.91 Å². The molecule has 19 heavy (non-hydrogen) atoms. The number of benzene rings is 2. The third-order valence-corrected chi connectivity index (χ3v) is 3.05. The van der Waals surface area contributed by atoms with Crippen LogP contribution in [-0.4, -0.2) is 13.0 Å². The Morgan fingerprint density at radius 2 is 1.79 bits per heavy atom. The summed E-state index contributed by atoms with van der Waals surface area (Å²) in [7, 11) is 1.50. The molecule has 1 aliphatic heterocycles. The average Bonchev–Trinajstić information content (AvgIpc) is 2.81. The standard InChI is InChI=1S/C15H13NO.CH5N/c17-15-10-13-7-6-12(9-14(13)16-15)8-11-4-2-1-3-5-11;1-2/h1-7,9H,8,10H2,(H,16,17);2H2,1H3. The minimum atomic E-state index is 0.0943. The van der Waals surface area contributed by atoms with Gasteiger partial charge in [-0.1, -0.05) is 42.5 Å². The van der Waals surface area contributed by atoms with Crippen LogP contribution < -0.4 is 11.1 Å². The van der Waals surface area contributed by atoms with Gasteiger partial charge in [-0.05, 0) is 36.2 Å². The Morgan fingerprint density at radius 3 is 2.53 bits per heavy atom. The average molecular weight is 254 g/mol. The fourth-order valence-corrected chi connectivity index (χ4v) is 2.20. The lowest BCUT2D eigenvalue weighted by Gasteiger charge is -2.04. The normalized spacial score (nSPS) is 12.2. The van der Waals surface area contributed by atoms with Crippen molar-refractivity contribution >= 4 is 11.6 Å². The van der Waals surface area contributed by atoms with E-state index >= 15 is 0 Å². The Kier molecular flexibility index (Phi) is 4.31. The van der Waals surface area contributed by atoms with Crippen LogP contribution in [-0.2, 0) is 17.6 Å². The van der Waals surface area contributed by atoms with E-state index in [9.17, 15) is 4.79 Å². The van der Waals surface area contributed by atoms with Crippen LogP contribution in [0.2, 0.25) is 0 Å². The zero-order valence-electron chi connectivity index (χ0n) is 11.0. The molecular weight excluding hydrogens is 236 g/mol. The van der Waals surface area contributed by atoms with E-state index in [4.69, 9.17) is 0 Å². The predicted octanol–water partition coefficient (Wildman–Crippen LogP) is 2.35. The lowest BCUT2D eigenvalue weighted by Crippen LogP contribution is -2.03. The molecule has 3 N–H and O–H groups in total. The highest BCUT2D eigenvalue weighted by Gasteiger charge is 2.17. The maximum absolute atomic E-state index is 11.3. The van der Waals surface area contributed by atoms with Gasteiger partial charge < -0.3 is 11.1 Å². The van der Waals surface area contributed by atoms with Crippen LogP contribution >= 0.6 is 0 Å². The summed E-state index contributed by atoms with van der Waals surface area (Å²) in [5.74, 6) is 0.0943. The highest BCUT2D eigenvalue weighted by atomic mass is 16.1. The highest BCUT2D eigenvalue weighted by molar-refractivity contribution is 5.99. The molecule has 0 spiro atoms. The quantitative estimate of drug-likeness (QED) is 0.864. The van der Waals surface area contributed by atoms with Crippen LogP contribution in [0.5, 0.6) is 0 Å². The molecule has 1 heterocycles. The number of nitrogens with two attached hydrogens (primary N) is 1. The van der Waals surface area contributed by atoms with Gasteiger partial charge in [-0.2, -0.15) is 0 Å². The van der Waals surface area contributed by atoms with Gasteiger partial charge in [-0.15, -0.1) is 0 Å². The van der Waals surface area contributed by atoms with Crippen molar-refractivity contribution in [2.24, 2.45) is 5.73 Å². The van der Waals surface area contributed by atoms with E-state index in [0.717, 1.165) is 17.7 Å². The van der Waals surface area contributed by atoms with Gasteiger partial charge in [0.05, 0.1) is 6.42 Å². The van der Waals surface area contributed by atoms with E-state index in [1.54, 1.807) is 0 Å². The molecular formula is C16H18N2O. The third kappa shape index (κ3) is 3.20. The number of hydrogen-bond acceptors (Lipinski definition) is 2. The Morgan fingerprint density at radius 1 is 1.05 bits per heavy atom. The topological polar surface area (TPSA) is 55.1 Å². The molecule has 0 aliphatic carbocycles. The summed E-state index contributed by atoms with van der Waals surface area (Å²) in [5.41, 5.74) is 9.10. The zero-order chi connectivity index (χ0) is 13.7. The molecule has 3 heteroatoms. The zero-order valence-corrected chi connectivity index (χ0v) is 11.0. The van der Waals surface area contributed by atoms with Gasteiger partial charge in [-0.3, -0.25) is 4.79 Å². The number of amides is 1. The van der Waals surface area contributed by atoms with Crippen LogP contribution in [0.15, 0.2) is 48.5 Å². The van der Waals surface area contributed by atoms with E-state index in [1.165, 1.54) is 18.2 Å². The molecule has 3 nitrogen and oxygen atoms in total. The number of hydrogen-bond donors (Lipinski definition) is 2. The van der Waals surface area contributed by atoms with Crippen molar-refractivity contribution < 1.29 is 4.79 Å². The smallest absolute Gasteiger partial charge is 0.228 e.